The Bertz CT molecular complexity index is 713. The predicted octanol–water partition coefficient (Wildman–Crippen LogP) is 1.74. The van der Waals surface area contributed by atoms with Gasteiger partial charge in [-0.05, 0) is 12.1 Å². The van der Waals surface area contributed by atoms with Crippen LogP contribution in [0.15, 0.2) is 24.4 Å². The van der Waals surface area contributed by atoms with E-state index in [1.165, 1.54) is 11.7 Å². The van der Waals surface area contributed by atoms with Crippen LogP contribution in [-0.2, 0) is 13.7 Å². The second kappa shape index (κ2) is 5.57. The van der Waals surface area contributed by atoms with Gasteiger partial charge in [0, 0.05) is 7.05 Å². The van der Waals surface area contributed by atoms with Crippen molar-refractivity contribution in [3.63, 3.8) is 0 Å². The van der Waals surface area contributed by atoms with Crippen LogP contribution in [0.2, 0.25) is 0 Å². The zero-order chi connectivity index (χ0) is 15.6. The smallest absolute Gasteiger partial charge is 0.339 e. The van der Waals surface area contributed by atoms with Gasteiger partial charge in [-0.15, -0.1) is 0 Å². The van der Waals surface area contributed by atoms with Gasteiger partial charge in [-0.2, -0.15) is 5.10 Å². The minimum absolute atomic E-state index is 0.0673. The van der Waals surface area contributed by atoms with Gasteiger partial charge in [-0.1, -0.05) is 0 Å². The minimum Gasteiger partial charge on any atom is -0.480 e. The largest absolute Gasteiger partial charge is 0.480 e. The first-order valence-electron chi connectivity index (χ1n) is 5.71. The van der Waals surface area contributed by atoms with Crippen LogP contribution < -0.4 is 4.74 Å². The Balaban J connectivity index is 2.27. The van der Waals surface area contributed by atoms with Crippen LogP contribution >= 0.6 is 0 Å². The molecule has 1 aromatic heterocycles. The van der Waals surface area contributed by atoms with Crippen LogP contribution in [0.1, 0.15) is 16.1 Å². The van der Waals surface area contributed by atoms with E-state index in [0.717, 1.165) is 24.4 Å². The highest BCUT2D eigenvalue weighted by atomic mass is 19.1. The highest BCUT2D eigenvalue weighted by Gasteiger charge is 2.19. The maximum atomic E-state index is 13.0. The van der Waals surface area contributed by atoms with Crippen molar-refractivity contribution in [3.8, 4) is 5.75 Å². The highest BCUT2D eigenvalue weighted by molar-refractivity contribution is 5.88. The van der Waals surface area contributed by atoms with Crippen molar-refractivity contribution < 1.29 is 24.0 Å². The molecule has 0 spiro atoms. The number of hydrogen-bond acceptors (Lipinski definition) is 5. The Morgan fingerprint density at radius 2 is 2.29 bits per heavy atom. The van der Waals surface area contributed by atoms with Crippen LogP contribution in [0.4, 0.5) is 10.1 Å². The molecule has 0 unspecified atom stereocenters. The third kappa shape index (κ3) is 2.96. The Labute approximate surface area is 117 Å². The van der Waals surface area contributed by atoms with Crippen LogP contribution in [0, 0.1) is 15.9 Å². The number of aromatic carboxylic acids is 1. The second-order valence-electron chi connectivity index (χ2n) is 4.09. The quantitative estimate of drug-likeness (QED) is 0.665. The van der Waals surface area contributed by atoms with Gasteiger partial charge in [0.15, 0.2) is 5.75 Å². The lowest BCUT2D eigenvalue weighted by atomic mass is 10.2. The molecule has 0 aliphatic rings. The SMILES string of the molecule is Cn1ncc(C(=O)O)c1COc1ccc(F)cc1[N+](=O)[O-]. The summed E-state index contributed by atoms with van der Waals surface area (Å²) in [4.78, 5) is 21.0. The number of carboxylic acid groups (broad SMARTS) is 1. The fraction of sp³-hybridized carbons (Fsp3) is 0.167. The molecule has 110 valence electrons. The average molecular weight is 295 g/mol. The van der Waals surface area contributed by atoms with Gasteiger partial charge in [0.25, 0.3) is 0 Å². The van der Waals surface area contributed by atoms with Gasteiger partial charge in [-0.3, -0.25) is 14.8 Å². The van der Waals surface area contributed by atoms with Crippen molar-refractivity contribution in [1.82, 2.24) is 9.78 Å². The van der Waals surface area contributed by atoms with E-state index >= 15 is 0 Å². The molecule has 0 atom stereocenters. The van der Waals surface area contributed by atoms with Crippen LogP contribution in [0.25, 0.3) is 0 Å². The molecule has 0 saturated carbocycles. The number of rotatable bonds is 5. The number of halogens is 1. The molecule has 9 heteroatoms. The summed E-state index contributed by atoms with van der Waals surface area (Å²) in [5.74, 6) is -2.10. The van der Waals surface area contributed by atoms with Crippen molar-refractivity contribution in [2.45, 2.75) is 6.61 Å². The van der Waals surface area contributed by atoms with Crippen molar-refractivity contribution >= 4 is 11.7 Å². The first-order valence-corrected chi connectivity index (χ1v) is 5.71. The Kier molecular flexibility index (Phi) is 3.83. The predicted molar refractivity (Wildman–Crippen MR) is 67.6 cm³/mol. The van der Waals surface area contributed by atoms with Gasteiger partial charge >= 0.3 is 11.7 Å². The van der Waals surface area contributed by atoms with Crippen molar-refractivity contribution in [2.75, 3.05) is 0 Å². The highest BCUT2D eigenvalue weighted by Crippen LogP contribution is 2.28. The first-order chi connectivity index (χ1) is 9.90. The summed E-state index contributed by atoms with van der Waals surface area (Å²) < 4.78 is 19.5. The fourth-order valence-electron chi connectivity index (χ4n) is 1.71. The summed E-state index contributed by atoms with van der Waals surface area (Å²) in [5.41, 5.74) is -0.363. The summed E-state index contributed by atoms with van der Waals surface area (Å²) in [5, 5.41) is 23.6. The molecule has 0 saturated heterocycles. The molecular weight excluding hydrogens is 285 g/mol. The topological polar surface area (TPSA) is 107 Å². The molecule has 0 amide bonds. The summed E-state index contributed by atoms with van der Waals surface area (Å²) in [6, 6.07) is 2.87. The van der Waals surface area contributed by atoms with Crippen LogP contribution in [0.5, 0.6) is 5.75 Å². The fourth-order valence-corrected chi connectivity index (χ4v) is 1.71. The number of carbonyl (C=O) groups is 1. The summed E-state index contributed by atoms with van der Waals surface area (Å²) in [6.45, 7) is -0.245. The van der Waals surface area contributed by atoms with Gasteiger partial charge in [0.05, 0.1) is 22.9 Å². The van der Waals surface area contributed by atoms with E-state index in [-0.39, 0.29) is 23.6 Å². The number of nitro groups is 1. The maximum absolute atomic E-state index is 13.0. The molecule has 1 heterocycles. The summed E-state index contributed by atoms with van der Waals surface area (Å²) >= 11 is 0. The Hall–Kier alpha value is -2.97. The zero-order valence-electron chi connectivity index (χ0n) is 10.8. The van der Waals surface area contributed by atoms with Crippen LogP contribution in [0.3, 0.4) is 0 Å². The Morgan fingerprint density at radius 3 is 2.90 bits per heavy atom. The summed E-state index contributed by atoms with van der Waals surface area (Å²) in [7, 11) is 1.52. The average Bonchev–Trinajstić information content (AvgIpc) is 2.78. The van der Waals surface area contributed by atoms with E-state index in [1.807, 2.05) is 0 Å². The number of nitro benzene ring substituents is 1. The number of ether oxygens (including phenoxy) is 1. The van der Waals surface area contributed by atoms with E-state index in [1.54, 1.807) is 0 Å². The van der Waals surface area contributed by atoms with Gasteiger partial charge in [-0.25, -0.2) is 9.18 Å². The van der Waals surface area contributed by atoms with E-state index < -0.39 is 22.4 Å². The van der Waals surface area contributed by atoms with Crippen molar-refractivity contribution in [1.29, 1.82) is 0 Å². The molecule has 21 heavy (non-hydrogen) atoms. The molecule has 2 aromatic rings. The minimum atomic E-state index is -1.18. The monoisotopic (exact) mass is 295 g/mol. The van der Waals surface area contributed by atoms with Crippen molar-refractivity contribution in [3.05, 3.63) is 51.6 Å². The number of hydrogen-bond donors (Lipinski definition) is 1. The molecule has 0 fully saturated rings. The van der Waals surface area contributed by atoms with Gasteiger partial charge < -0.3 is 9.84 Å². The Morgan fingerprint density at radius 1 is 1.57 bits per heavy atom. The molecule has 1 N–H and O–H groups in total. The number of nitrogens with zero attached hydrogens (tertiary/aromatic N) is 3. The van der Waals surface area contributed by atoms with E-state index in [9.17, 15) is 19.3 Å². The standard InChI is InChI=1S/C12H10FN3O5/c1-15-10(8(5-14-15)12(17)18)6-21-11-3-2-7(13)4-9(11)16(19)20/h2-5H,6H2,1H3,(H,17,18). The number of benzene rings is 1. The molecule has 8 nitrogen and oxygen atoms in total. The second-order valence-corrected chi connectivity index (χ2v) is 4.09. The third-order valence-electron chi connectivity index (χ3n) is 2.77. The first kappa shape index (κ1) is 14.4. The molecule has 0 aliphatic carbocycles. The molecule has 0 aliphatic heterocycles. The molecule has 1 aromatic carbocycles. The zero-order valence-corrected chi connectivity index (χ0v) is 10.8. The van der Waals surface area contributed by atoms with Crippen molar-refractivity contribution in [2.24, 2.45) is 7.05 Å². The number of aromatic nitrogens is 2. The van der Waals surface area contributed by atoms with Gasteiger partial charge in [0.2, 0.25) is 0 Å². The van der Waals surface area contributed by atoms with E-state index in [0.29, 0.717) is 0 Å². The van der Waals surface area contributed by atoms with E-state index in [4.69, 9.17) is 9.84 Å². The molecule has 0 bridgehead atoms. The molecular formula is C12H10FN3O5. The lowest BCUT2D eigenvalue weighted by Crippen LogP contribution is -2.09. The number of carboxylic acids is 1. The third-order valence-corrected chi connectivity index (χ3v) is 2.77. The lowest BCUT2D eigenvalue weighted by molar-refractivity contribution is -0.386. The molecule has 2 rings (SSSR count). The van der Waals surface area contributed by atoms with E-state index in [2.05, 4.69) is 5.10 Å². The maximum Gasteiger partial charge on any atom is 0.339 e. The summed E-state index contributed by atoms with van der Waals surface area (Å²) in [6.07, 6.45) is 1.15. The van der Waals surface area contributed by atoms with Crippen LogP contribution in [-0.4, -0.2) is 25.8 Å². The lowest BCUT2D eigenvalue weighted by Gasteiger charge is -2.08. The molecule has 0 radical (unpaired) electrons. The normalized spacial score (nSPS) is 10.4. The number of aryl methyl sites for hydroxylation is 1. The van der Waals surface area contributed by atoms with Gasteiger partial charge in [0.1, 0.15) is 18.0 Å².